The Bertz CT molecular complexity index is 753. The van der Waals surface area contributed by atoms with Crippen molar-refractivity contribution in [2.75, 3.05) is 14.1 Å². The average Bonchev–Trinajstić information content (AvgIpc) is 2.84. The molecule has 1 saturated carbocycles. The molecule has 4 unspecified atom stereocenters. The molecule has 2 aliphatic rings. The second kappa shape index (κ2) is 7.52. The first-order valence-electron chi connectivity index (χ1n) is 10.0. The molecule has 3 rings (SSSR count). The maximum absolute atomic E-state index is 7.90. The van der Waals surface area contributed by atoms with E-state index in [0.29, 0.717) is 23.8 Å². The lowest BCUT2D eigenvalue weighted by Crippen LogP contribution is -2.37. The van der Waals surface area contributed by atoms with Crippen molar-refractivity contribution in [3.05, 3.63) is 57.7 Å². The van der Waals surface area contributed by atoms with Crippen molar-refractivity contribution in [3.63, 3.8) is 0 Å². The van der Waals surface area contributed by atoms with Crippen molar-refractivity contribution in [2.24, 2.45) is 11.8 Å². The maximum atomic E-state index is 7.90. The molecule has 1 aromatic carbocycles. The Balaban J connectivity index is 2.05. The smallest absolute Gasteiger partial charge is 0.0253 e. The van der Waals surface area contributed by atoms with Gasteiger partial charge in [-0.3, -0.25) is 0 Å². The van der Waals surface area contributed by atoms with E-state index >= 15 is 0 Å². The molecule has 0 amide bonds. The van der Waals surface area contributed by atoms with Crippen LogP contribution in [0.5, 0.6) is 0 Å². The zero-order valence-corrected chi connectivity index (χ0v) is 17.3. The van der Waals surface area contributed by atoms with Crippen LogP contribution in [0.25, 0.3) is 0 Å². The summed E-state index contributed by atoms with van der Waals surface area (Å²) in [5.74, 6) is 1.65. The molecule has 0 aromatic heterocycles. The molecule has 0 heterocycles. The molecule has 2 aliphatic carbocycles. The van der Waals surface area contributed by atoms with Gasteiger partial charge in [0, 0.05) is 12.3 Å². The molecule has 0 saturated heterocycles. The first kappa shape index (κ1) is 19.1. The summed E-state index contributed by atoms with van der Waals surface area (Å²) < 4.78 is 0. The predicted molar refractivity (Wildman–Crippen MR) is 112 cm³/mol. The first-order chi connectivity index (χ1) is 12.4. The molecule has 2 nitrogen and oxygen atoms in total. The Kier molecular flexibility index (Phi) is 5.53. The number of nitrogens with zero attached hydrogens (tertiary/aromatic N) is 1. The van der Waals surface area contributed by atoms with E-state index in [-0.39, 0.29) is 0 Å². The highest BCUT2D eigenvalue weighted by Crippen LogP contribution is 2.50. The highest BCUT2D eigenvalue weighted by atomic mass is 15.1. The quantitative estimate of drug-likeness (QED) is 0.683. The van der Waals surface area contributed by atoms with Crippen molar-refractivity contribution in [1.82, 2.24) is 4.90 Å². The van der Waals surface area contributed by atoms with E-state index in [1.54, 1.807) is 17.4 Å². The fraction of sp³-hybridized carbons (Fsp3) is 0.542. The van der Waals surface area contributed by atoms with E-state index < -0.39 is 0 Å². The molecule has 0 aliphatic heterocycles. The Morgan fingerprint density at radius 2 is 1.69 bits per heavy atom. The van der Waals surface area contributed by atoms with Crippen molar-refractivity contribution in [2.45, 2.75) is 58.9 Å². The molecular weight excluding hydrogens is 316 g/mol. The summed E-state index contributed by atoms with van der Waals surface area (Å²) in [6.45, 7) is 9.32. The Hall–Kier alpha value is -1.67. The summed E-state index contributed by atoms with van der Waals surface area (Å²) >= 11 is 0. The fourth-order valence-electron chi connectivity index (χ4n) is 5.31. The van der Waals surface area contributed by atoms with Crippen molar-refractivity contribution in [1.29, 1.82) is 5.41 Å². The van der Waals surface area contributed by atoms with Crippen molar-refractivity contribution >= 4 is 6.21 Å². The zero-order chi connectivity index (χ0) is 19.0. The van der Waals surface area contributed by atoms with Crippen LogP contribution in [-0.4, -0.2) is 31.3 Å². The number of hydrogen-bond acceptors (Lipinski definition) is 2. The third-order valence-electron chi connectivity index (χ3n) is 7.21. The SMILES string of the molecule is CC1=C(C)C(C)C(C2CCC(N(C)C)CC2c2ccccc2C=N)=C1C. The molecular formula is C24H34N2. The third kappa shape index (κ3) is 3.20. The van der Waals surface area contributed by atoms with Gasteiger partial charge in [-0.1, -0.05) is 42.3 Å². The summed E-state index contributed by atoms with van der Waals surface area (Å²) in [5, 5.41) is 7.90. The van der Waals surface area contributed by atoms with Gasteiger partial charge in [-0.05, 0) is 94.2 Å². The van der Waals surface area contributed by atoms with E-state index in [9.17, 15) is 0 Å². The lowest BCUT2D eigenvalue weighted by atomic mass is 9.67. The highest BCUT2D eigenvalue weighted by Gasteiger charge is 2.39. The third-order valence-corrected chi connectivity index (χ3v) is 7.21. The standard InChI is InChI=1S/C24H34N2/c1-15-16(2)18(4)24(17(15)3)22-12-11-20(26(5)6)13-23(22)21-10-8-7-9-19(21)14-25/h7-10,14,17,20,22-23,25H,11-13H2,1-6H3. The number of benzene rings is 1. The highest BCUT2D eigenvalue weighted by molar-refractivity contribution is 5.79. The molecule has 0 radical (unpaired) electrons. The second-order valence-corrected chi connectivity index (χ2v) is 8.53. The number of hydrogen-bond donors (Lipinski definition) is 1. The summed E-state index contributed by atoms with van der Waals surface area (Å²) in [7, 11) is 4.42. The van der Waals surface area contributed by atoms with Crippen LogP contribution in [0.2, 0.25) is 0 Å². The molecule has 0 spiro atoms. The van der Waals surface area contributed by atoms with E-state index in [2.05, 4.69) is 71.0 Å². The van der Waals surface area contributed by atoms with Crippen LogP contribution in [0.1, 0.15) is 64.0 Å². The van der Waals surface area contributed by atoms with Crippen LogP contribution in [0.15, 0.2) is 46.6 Å². The van der Waals surface area contributed by atoms with Crippen LogP contribution in [0.3, 0.4) is 0 Å². The molecule has 26 heavy (non-hydrogen) atoms. The van der Waals surface area contributed by atoms with Crippen molar-refractivity contribution < 1.29 is 0 Å². The number of nitrogens with one attached hydrogen (secondary N) is 1. The lowest BCUT2D eigenvalue weighted by molar-refractivity contribution is 0.181. The van der Waals surface area contributed by atoms with Crippen LogP contribution < -0.4 is 0 Å². The minimum Gasteiger partial charge on any atom is -0.308 e. The largest absolute Gasteiger partial charge is 0.308 e. The average molecular weight is 351 g/mol. The summed E-state index contributed by atoms with van der Waals surface area (Å²) in [4.78, 5) is 2.39. The second-order valence-electron chi connectivity index (χ2n) is 8.53. The van der Waals surface area contributed by atoms with Gasteiger partial charge >= 0.3 is 0 Å². The summed E-state index contributed by atoms with van der Waals surface area (Å²) in [5.41, 5.74) is 8.70. The Morgan fingerprint density at radius 1 is 1.00 bits per heavy atom. The Labute approximate surface area is 159 Å². The van der Waals surface area contributed by atoms with Crippen LogP contribution >= 0.6 is 0 Å². The van der Waals surface area contributed by atoms with E-state index in [1.165, 1.54) is 36.0 Å². The van der Waals surface area contributed by atoms with E-state index in [0.717, 1.165) is 5.56 Å². The topological polar surface area (TPSA) is 27.1 Å². The molecule has 4 atom stereocenters. The van der Waals surface area contributed by atoms with Crippen LogP contribution in [0.4, 0.5) is 0 Å². The van der Waals surface area contributed by atoms with Gasteiger partial charge in [0.15, 0.2) is 0 Å². The van der Waals surface area contributed by atoms with Gasteiger partial charge in [0.1, 0.15) is 0 Å². The Morgan fingerprint density at radius 3 is 2.27 bits per heavy atom. The molecule has 2 heteroatoms. The maximum Gasteiger partial charge on any atom is 0.0253 e. The number of allylic oxidation sites excluding steroid dienone is 4. The molecule has 0 bridgehead atoms. The molecule has 1 aromatic rings. The minimum atomic E-state index is 0.500. The molecule has 1 N–H and O–H groups in total. The summed E-state index contributed by atoms with van der Waals surface area (Å²) in [6, 6.07) is 9.20. The minimum absolute atomic E-state index is 0.500. The van der Waals surface area contributed by atoms with E-state index in [1.807, 2.05) is 0 Å². The molecule has 140 valence electrons. The molecule has 1 fully saturated rings. The van der Waals surface area contributed by atoms with Gasteiger partial charge < -0.3 is 10.3 Å². The van der Waals surface area contributed by atoms with Crippen LogP contribution in [-0.2, 0) is 0 Å². The zero-order valence-electron chi connectivity index (χ0n) is 17.3. The van der Waals surface area contributed by atoms with Gasteiger partial charge in [0.05, 0.1) is 0 Å². The van der Waals surface area contributed by atoms with Gasteiger partial charge in [0.25, 0.3) is 0 Å². The van der Waals surface area contributed by atoms with E-state index in [4.69, 9.17) is 5.41 Å². The number of rotatable bonds is 4. The van der Waals surface area contributed by atoms with Gasteiger partial charge in [-0.25, -0.2) is 0 Å². The van der Waals surface area contributed by atoms with Crippen molar-refractivity contribution in [3.8, 4) is 0 Å². The summed E-state index contributed by atoms with van der Waals surface area (Å²) in [6.07, 6.45) is 5.24. The van der Waals surface area contributed by atoms with Gasteiger partial charge in [-0.2, -0.15) is 0 Å². The normalized spacial score (nSPS) is 29.7. The lowest BCUT2D eigenvalue weighted by Gasteiger charge is -2.42. The van der Waals surface area contributed by atoms with Gasteiger partial charge in [0.2, 0.25) is 0 Å². The fourth-order valence-corrected chi connectivity index (χ4v) is 5.31. The van der Waals surface area contributed by atoms with Crippen LogP contribution in [0, 0.1) is 17.2 Å². The first-order valence-corrected chi connectivity index (χ1v) is 10.0. The van der Waals surface area contributed by atoms with Gasteiger partial charge in [-0.15, -0.1) is 0 Å². The predicted octanol–water partition coefficient (Wildman–Crippen LogP) is 5.80. The monoisotopic (exact) mass is 350 g/mol.